The van der Waals surface area contributed by atoms with Crippen LogP contribution in [-0.4, -0.2) is 13.7 Å². The smallest absolute Gasteiger partial charge is 0.129 e. The fraction of sp³-hybridized carbons (Fsp3) is 0.412. The van der Waals surface area contributed by atoms with E-state index in [9.17, 15) is 0 Å². The van der Waals surface area contributed by atoms with Crippen LogP contribution in [0.25, 0.3) is 0 Å². The van der Waals surface area contributed by atoms with Gasteiger partial charge in [0.05, 0.1) is 6.04 Å². The highest BCUT2D eigenvalue weighted by Crippen LogP contribution is 2.27. The van der Waals surface area contributed by atoms with Gasteiger partial charge in [0.25, 0.3) is 0 Å². The summed E-state index contributed by atoms with van der Waals surface area (Å²) >= 11 is 6.12. The van der Waals surface area contributed by atoms with Gasteiger partial charge in [-0.1, -0.05) is 30.7 Å². The second-order valence-electron chi connectivity index (χ2n) is 5.13. The van der Waals surface area contributed by atoms with E-state index in [0.29, 0.717) is 6.61 Å². The normalized spacial score (nSPS) is 12.6. The maximum absolute atomic E-state index is 6.12. The Hall–Kier alpha value is -1.29. The van der Waals surface area contributed by atoms with Crippen LogP contribution in [0.3, 0.4) is 0 Å². The zero-order valence-electron chi connectivity index (χ0n) is 12.8. The summed E-state index contributed by atoms with van der Waals surface area (Å²) in [5.74, 6) is 1.73. The second kappa shape index (κ2) is 7.64. The predicted octanol–water partition coefficient (Wildman–Crippen LogP) is 4.48. The number of hydrogen-bond donors (Lipinski definition) is 1. The van der Waals surface area contributed by atoms with Crippen molar-refractivity contribution in [3.8, 4) is 0 Å². The molecule has 114 valence electrons. The van der Waals surface area contributed by atoms with Crippen molar-refractivity contribution in [2.24, 2.45) is 0 Å². The zero-order chi connectivity index (χ0) is 15.2. The summed E-state index contributed by atoms with van der Waals surface area (Å²) in [6.45, 7) is 5.57. The average molecular weight is 308 g/mol. The molecule has 1 aromatic heterocycles. The minimum absolute atomic E-state index is 0.0338. The van der Waals surface area contributed by atoms with Crippen LogP contribution in [-0.2, 0) is 11.3 Å². The third-order valence-corrected chi connectivity index (χ3v) is 3.79. The monoisotopic (exact) mass is 307 g/mol. The van der Waals surface area contributed by atoms with Crippen LogP contribution in [0, 0.1) is 6.92 Å². The highest BCUT2D eigenvalue weighted by atomic mass is 35.5. The minimum atomic E-state index is 0.0338. The van der Waals surface area contributed by atoms with Gasteiger partial charge in [-0.2, -0.15) is 0 Å². The molecular weight excluding hydrogens is 286 g/mol. The number of furan rings is 1. The summed E-state index contributed by atoms with van der Waals surface area (Å²) in [4.78, 5) is 0. The van der Waals surface area contributed by atoms with Crippen LogP contribution in [0.2, 0.25) is 5.02 Å². The molecule has 21 heavy (non-hydrogen) atoms. The van der Waals surface area contributed by atoms with E-state index in [1.165, 1.54) is 0 Å². The molecule has 0 aliphatic rings. The van der Waals surface area contributed by atoms with E-state index in [0.717, 1.165) is 40.6 Å². The molecule has 1 heterocycles. The van der Waals surface area contributed by atoms with Crippen LogP contribution in [0.15, 0.2) is 34.7 Å². The van der Waals surface area contributed by atoms with E-state index < -0.39 is 0 Å². The van der Waals surface area contributed by atoms with Gasteiger partial charge in [-0.3, -0.25) is 0 Å². The van der Waals surface area contributed by atoms with E-state index >= 15 is 0 Å². The van der Waals surface area contributed by atoms with E-state index in [1.807, 2.05) is 31.2 Å². The number of nitrogens with one attached hydrogen (secondary N) is 1. The predicted molar refractivity (Wildman–Crippen MR) is 85.7 cm³/mol. The molecule has 0 amide bonds. The van der Waals surface area contributed by atoms with Gasteiger partial charge in [0.15, 0.2) is 0 Å². The highest BCUT2D eigenvalue weighted by Gasteiger charge is 2.18. The number of ether oxygens (including phenoxy) is 1. The largest absolute Gasteiger partial charge is 0.462 e. The molecule has 0 aliphatic heterocycles. The number of aryl methyl sites for hydroxylation is 1. The maximum atomic E-state index is 6.12. The van der Waals surface area contributed by atoms with E-state index in [1.54, 1.807) is 7.11 Å². The average Bonchev–Trinajstić information content (AvgIpc) is 2.92. The molecule has 1 N–H and O–H groups in total. The van der Waals surface area contributed by atoms with Crippen LogP contribution >= 0.6 is 11.6 Å². The SMILES string of the molecule is CCCNC(c1ccc(Cl)c(C)c1)c1ccc(COC)o1. The standard InChI is InChI=1S/C17H22ClNO2/c1-4-9-19-17(13-5-7-15(18)12(2)10-13)16-8-6-14(21-16)11-20-3/h5-8,10,17,19H,4,9,11H2,1-3H3. The summed E-state index contributed by atoms with van der Waals surface area (Å²) in [6, 6.07) is 10.1. The molecule has 1 unspecified atom stereocenters. The minimum Gasteiger partial charge on any atom is -0.462 e. The Morgan fingerprint density at radius 3 is 2.76 bits per heavy atom. The zero-order valence-corrected chi connectivity index (χ0v) is 13.5. The first kappa shape index (κ1) is 16.1. The molecule has 0 fully saturated rings. The van der Waals surface area contributed by atoms with Crippen LogP contribution < -0.4 is 5.32 Å². The molecular formula is C17H22ClNO2. The summed E-state index contributed by atoms with van der Waals surface area (Å²) < 4.78 is 11.0. The van der Waals surface area contributed by atoms with E-state index in [2.05, 4.69) is 18.3 Å². The van der Waals surface area contributed by atoms with Gasteiger partial charge in [-0.25, -0.2) is 0 Å². The van der Waals surface area contributed by atoms with Gasteiger partial charge in [0.2, 0.25) is 0 Å². The van der Waals surface area contributed by atoms with Crippen LogP contribution in [0.4, 0.5) is 0 Å². The molecule has 3 nitrogen and oxygen atoms in total. The van der Waals surface area contributed by atoms with Crippen molar-refractivity contribution < 1.29 is 9.15 Å². The lowest BCUT2D eigenvalue weighted by Crippen LogP contribution is -2.22. The topological polar surface area (TPSA) is 34.4 Å². The van der Waals surface area contributed by atoms with Crippen molar-refractivity contribution in [1.29, 1.82) is 0 Å². The lowest BCUT2D eigenvalue weighted by Gasteiger charge is -2.18. The molecule has 0 aliphatic carbocycles. The molecule has 2 rings (SSSR count). The molecule has 1 atom stereocenters. The first-order valence-corrected chi connectivity index (χ1v) is 7.60. The quantitative estimate of drug-likeness (QED) is 0.819. The molecule has 0 saturated carbocycles. The number of halogens is 1. The number of methoxy groups -OCH3 is 1. The van der Waals surface area contributed by atoms with Crippen molar-refractivity contribution in [3.63, 3.8) is 0 Å². The highest BCUT2D eigenvalue weighted by molar-refractivity contribution is 6.31. The molecule has 0 spiro atoms. The van der Waals surface area contributed by atoms with Crippen molar-refractivity contribution in [3.05, 3.63) is 58.0 Å². The van der Waals surface area contributed by atoms with E-state index in [-0.39, 0.29) is 6.04 Å². The third-order valence-electron chi connectivity index (χ3n) is 3.37. The molecule has 4 heteroatoms. The fourth-order valence-electron chi connectivity index (χ4n) is 2.29. The number of benzene rings is 1. The second-order valence-corrected chi connectivity index (χ2v) is 5.54. The van der Waals surface area contributed by atoms with Crippen LogP contribution in [0.1, 0.15) is 42.0 Å². The summed E-state index contributed by atoms with van der Waals surface area (Å²) in [7, 11) is 1.66. The van der Waals surface area contributed by atoms with Gasteiger partial charge in [0, 0.05) is 12.1 Å². The first-order chi connectivity index (χ1) is 10.2. The summed E-state index contributed by atoms with van der Waals surface area (Å²) in [5.41, 5.74) is 2.23. The Bertz CT molecular complexity index is 580. The van der Waals surface area contributed by atoms with Gasteiger partial charge >= 0.3 is 0 Å². The molecule has 0 bridgehead atoms. The van der Waals surface area contributed by atoms with Gasteiger partial charge in [0.1, 0.15) is 18.1 Å². The summed E-state index contributed by atoms with van der Waals surface area (Å²) in [6.07, 6.45) is 1.06. The third kappa shape index (κ3) is 4.10. The lowest BCUT2D eigenvalue weighted by atomic mass is 10.0. The molecule has 1 aromatic carbocycles. The molecule has 0 radical (unpaired) electrons. The van der Waals surface area contributed by atoms with Crippen molar-refractivity contribution in [2.75, 3.05) is 13.7 Å². The number of hydrogen-bond acceptors (Lipinski definition) is 3. The van der Waals surface area contributed by atoms with Gasteiger partial charge in [-0.05, 0) is 49.2 Å². The Kier molecular flexibility index (Phi) is 5.85. The number of rotatable bonds is 7. The van der Waals surface area contributed by atoms with Crippen LogP contribution in [0.5, 0.6) is 0 Å². The Labute approximate surface area is 131 Å². The summed E-state index contributed by atoms with van der Waals surface area (Å²) in [5, 5.41) is 4.31. The van der Waals surface area contributed by atoms with Gasteiger partial charge < -0.3 is 14.5 Å². The Morgan fingerprint density at radius 1 is 1.29 bits per heavy atom. The maximum Gasteiger partial charge on any atom is 0.129 e. The lowest BCUT2D eigenvalue weighted by molar-refractivity contribution is 0.162. The molecule has 0 saturated heterocycles. The van der Waals surface area contributed by atoms with Crippen molar-refractivity contribution in [2.45, 2.75) is 32.9 Å². The van der Waals surface area contributed by atoms with Crippen molar-refractivity contribution >= 4 is 11.6 Å². The first-order valence-electron chi connectivity index (χ1n) is 7.22. The van der Waals surface area contributed by atoms with Gasteiger partial charge in [-0.15, -0.1) is 0 Å². The van der Waals surface area contributed by atoms with Crippen molar-refractivity contribution in [1.82, 2.24) is 5.32 Å². The Morgan fingerprint density at radius 2 is 2.10 bits per heavy atom. The Balaban J connectivity index is 2.29. The van der Waals surface area contributed by atoms with E-state index in [4.69, 9.17) is 20.8 Å². The fourth-order valence-corrected chi connectivity index (χ4v) is 2.41. The molecule has 2 aromatic rings.